The fraction of sp³-hybridized carbons (Fsp3) is 0.737. The summed E-state index contributed by atoms with van der Waals surface area (Å²) in [5, 5.41) is 11.2. The molecule has 0 radical (unpaired) electrons. The minimum atomic E-state index is -8.27. The molecule has 30 heteroatoms. The van der Waals surface area contributed by atoms with Crippen molar-refractivity contribution in [3.63, 3.8) is 0 Å². The van der Waals surface area contributed by atoms with Crippen molar-refractivity contribution in [2.75, 3.05) is 26.4 Å². The van der Waals surface area contributed by atoms with Crippen molar-refractivity contribution >= 4 is 18.0 Å². The van der Waals surface area contributed by atoms with E-state index in [-0.39, 0.29) is 0 Å². The van der Waals surface area contributed by atoms with Gasteiger partial charge in [0.15, 0.2) is 0 Å². The molecule has 288 valence electrons. The van der Waals surface area contributed by atoms with Crippen LogP contribution in [0.15, 0.2) is 12.7 Å². The highest BCUT2D eigenvalue weighted by Crippen LogP contribution is 2.56. The van der Waals surface area contributed by atoms with Crippen LogP contribution < -0.4 is 5.32 Å². The van der Waals surface area contributed by atoms with Crippen molar-refractivity contribution in [3.05, 3.63) is 12.7 Å². The number of hydrogen-bond acceptors (Lipinski definition) is 10. The Morgan fingerprint density at radius 2 is 1.02 bits per heavy atom. The Kier molecular flexibility index (Phi) is 14.1. The maximum absolute atomic E-state index is 13.6. The van der Waals surface area contributed by atoms with Crippen LogP contribution in [-0.2, 0) is 38.0 Å². The topological polar surface area (TPSA) is 139 Å². The first kappa shape index (κ1) is 45.5. The molecule has 49 heavy (non-hydrogen) atoms. The zero-order chi connectivity index (χ0) is 39.3. The number of amides is 1. The second-order valence-corrected chi connectivity index (χ2v) is 8.20. The number of ether oxygens (including phenoxy) is 6. The van der Waals surface area contributed by atoms with Gasteiger partial charge in [0.1, 0.15) is 25.9 Å². The van der Waals surface area contributed by atoms with Crippen LogP contribution in [0.4, 0.5) is 88.2 Å². The van der Waals surface area contributed by atoms with Crippen LogP contribution in [0.1, 0.15) is 0 Å². The third kappa shape index (κ3) is 11.2. The number of carbonyl (C=O) groups excluding carboxylic acids is 3. The van der Waals surface area contributed by atoms with Crippen molar-refractivity contribution in [1.82, 2.24) is 5.32 Å². The lowest BCUT2D eigenvalue weighted by atomic mass is 10.1. The van der Waals surface area contributed by atoms with Crippen LogP contribution in [0.2, 0.25) is 0 Å². The summed E-state index contributed by atoms with van der Waals surface area (Å²) in [6.45, 7) is -0.969. The summed E-state index contributed by atoms with van der Waals surface area (Å²) in [5.74, 6) is -20.8. The maximum atomic E-state index is 13.6. The Morgan fingerprint density at radius 1 is 0.612 bits per heavy atom. The summed E-state index contributed by atoms with van der Waals surface area (Å²) >= 11 is 0. The number of alkyl halides is 19. The van der Waals surface area contributed by atoms with E-state index >= 15 is 0 Å². The van der Waals surface area contributed by atoms with Gasteiger partial charge in [-0.05, 0) is 0 Å². The van der Waals surface area contributed by atoms with Gasteiger partial charge in [-0.1, -0.05) is 6.58 Å². The number of aliphatic hydroxyl groups is 1. The summed E-state index contributed by atoms with van der Waals surface area (Å²) in [7, 11) is 0. The number of alkyl carbamates (subject to hydrolysis) is 1. The number of rotatable bonds is 19. The van der Waals surface area contributed by atoms with E-state index < -0.39 is 105 Å². The van der Waals surface area contributed by atoms with E-state index in [9.17, 15) is 103 Å². The zero-order valence-electron chi connectivity index (χ0n) is 22.5. The molecule has 11 nitrogen and oxygen atoms in total. The Hall–Kier alpha value is -3.54. The minimum absolute atomic E-state index is 0.435. The Morgan fingerprint density at radius 3 is 1.45 bits per heavy atom. The van der Waals surface area contributed by atoms with Gasteiger partial charge in [-0.25, -0.2) is 28.6 Å². The third-order valence-corrected chi connectivity index (χ3v) is 4.40. The zero-order valence-corrected chi connectivity index (χ0v) is 22.5. The average Bonchev–Trinajstić information content (AvgIpc) is 2.89. The normalized spacial score (nSPS) is 14.9. The molecule has 0 fully saturated rings. The molecule has 0 bridgehead atoms. The SMILES string of the molecule is C=CC(=O)OCCNC(=O)OCC(O)COC(=O)C(F)(F)OC(F)(F)C(F)(F)OC(F)(F)C(F)(F)OC(F)(F)C(F)(F)C(F)(F)C(F)(F)F. The van der Waals surface area contributed by atoms with Crippen molar-refractivity contribution < 1.29 is 131 Å². The predicted molar refractivity (Wildman–Crippen MR) is 106 cm³/mol. The first-order chi connectivity index (χ1) is 21.5. The van der Waals surface area contributed by atoms with E-state index in [1.165, 1.54) is 9.47 Å². The molecular formula is C19H14F19NO10. The average molecular weight is 777 g/mol. The van der Waals surface area contributed by atoms with E-state index in [2.05, 4.69) is 20.8 Å². The highest BCUT2D eigenvalue weighted by Gasteiger charge is 2.85. The molecule has 0 aromatic heterocycles. The van der Waals surface area contributed by atoms with Crippen LogP contribution in [0.25, 0.3) is 0 Å². The molecular weight excluding hydrogens is 763 g/mol. The highest BCUT2D eigenvalue weighted by atomic mass is 19.4. The standard InChI is InChI=1S/C19H14F19NO10/c1-2-8(41)44-4-3-39-10(43)46-6-7(40)5-45-9(42)11(20,21)47-16(31,32)17(33,34)49-19(37,38)18(35,36)48-15(29,30)13(24,25)12(22,23)14(26,27)28/h2,7,40H,1,3-6H2,(H,39,43). The number of aliphatic hydroxyl groups excluding tert-OH is 1. The van der Waals surface area contributed by atoms with E-state index in [4.69, 9.17) is 0 Å². The van der Waals surface area contributed by atoms with E-state index in [0.29, 0.717) is 0 Å². The Bertz CT molecular complexity index is 1180. The van der Waals surface area contributed by atoms with Gasteiger partial charge in [0.2, 0.25) is 0 Å². The second kappa shape index (κ2) is 15.1. The van der Waals surface area contributed by atoms with Crippen LogP contribution in [0, 0.1) is 0 Å². The molecule has 2 N–H and O–H groups in total. The molecule has 1 unspecified atom stereocenters. The van der Waals surface area contributed by atoms with E-state index in [0.717, 1.165) is 6.08 Å². The van der Waals surface area contributed by atoms with Crippen molar-refractivity contribution in [1.29, 1.82) is 0 Å². The molecule has 0 aliphatic rings. The second-order valence-electron chi connectivity index (χ2n) is 8.20. The van der Waals surface area contributed by atoms with Crippen molar-refractivity contribution in [2.45, 2.75) is 60.8 Å². The number of esters is 2. The van der Waals surface area contributed by atoms with Gasteiger partial charge in [0.25, 0.3) is 0 Å². The lowest BCUT2D eigenvalue weighted by Crippen LogP contribution is -2.65. The molecule has 0 aliphatic heterocycles. The van der Waals surface area contributed by atoms with Crippen LogP contribution in [0.5, 0.6) is 0 Å². The lowest BCUT2D eigenvalue weighted by molar-refractivity contribution is -0.567. The number of carbonyl (C=O) groups is 3. The molecule has 0 aliphatic carbocycles. The van der Waals surface area contributed by atoms with Crippen LogP contribution >= 0.6 is 0 Å². The largest absolute Gasteiger partial charge is 0.461 e. The van der Waals surface area contributed by atoms with E-state index in [1.54, 1.807) is 0 Å². The van der Waals surface area contributed by atoms with Gasteiger partial charge >= 0.3 is 72.7 Å². The van der Waals surface area contributed by atoms with Crippen molar-refractivity contribution in [2.24, 2.45) is 0 Å². The molecule has 0 heterocycles. The number of halogens is 19. The van der Waals surface area contributed by atoms with Crippen LogP contribution in [-0.4, -0.2) is 110 Å². The summed E-state index contributed by atoms with van der Waals surface area (Å²) in [4.78, 5) is 33.3. The molecule has 0 rings (SSSR count). The maximum Gasteiger partial charge on any atom is 0.460 e. The van der Waals surface area contributed by atoms with Gasteiger partial charge in [-0.2, -0.15) is 83.4 Å². The number of nitrogens with one attached hydrogen (secondary N) is 1. The van der Waals surface area contributed by atoms with Gasteiger partial charge in [0, 0.05) is 6.08 Å². The Labute approximate surface area is 255 Å². The smallest absolute Gasteiger partial charge is 0.460 e. The summed E-state index contributed by atoms with van der Waals surface area (Å²) in [6, 6.07) is 0. The molecule has 0 aromatic carbocycles. The predicted octanol–water partition coefficient (Wildman–Crippen LogP) is 4.79. The van der Waals surface area contributed by atoms with Gasteiger partial charge in [-0.3, -0.25) is 0 Å². The highest BCUT2D eigenvalue weighted by molar-refractivity contribution is 5.81. The minimum Gasteiger partial charge on any atom is -0.461 e. The Balaban J connectivity index is 5.52. The lowest BCUT2D eigenvalue weighted by Gasteiger charge is -2.37. The van der Waals surface area contributed by atoms with Gasteiger partial charge in [-0.15, -0.1) is 0 Å². The molecule has 0 saturated heterocycles. The molecule has 0 aromatic rings. The first-order valence-electron chi connectivity index (χ1n) is 11.3. The third-order valence-electron chi connectivity index (χ3n) is 4.40. The monoisotopic (exact) mass is 777 g/mol. The quantitative estimate of drug-likeness (QED) is 0.0620. The number of hydrogen-bond donors (Lipinski definition) is 2. The van der Waals surface area contributed by atoms with Crippen molar-refractivity contribution in [3.8, 4) is 0 Å². The van der Waals surface area contributed by atoms with Gasteiger partial charge in [0.05, 0.1) is 6.54 Å². The van der Waals surface area contributed by atoms with Crippen LogP contribution in [0.3, 0.4) is 0 Å². The fourth-order valence-electron chi connectivity index (χ4n) is 2.08. The van der Waals surface area contributed by atoms with Gasteiger partial charge < -0.3 is 24.6 Å². The molecule has 1 amide bonds. The summed E-state index contributed by atoms with van der Waals surface area (Å²) < 4.78 is 265. The summed E-state index contributed by atoms with van der Waals surface area (Å²) in [6.07, 6.45) is -56.7. The molecule has 0 spiro atoms. The fourth-order valence-corrected chi connectivity index (χ4v) is 2.08. The first-order valence-corrected chi connectivity index (χ1v) is 11.3. The molecule has 1 atom stereocenters. The molecule has 0 saturated carbocycles. The summed E-state index contributed by atoms with van der Waals surface area (Å²) in [5.41, 5.74) is 0. The van der Waals surface area contributed by atoms with E-state index in [1.807, 2.05) is 10.1 Å².